The van der Waals surface area contributed by atoms with Crippen LogP contribution in [-0.2, 0) is 14.4 Å². The van der Waals surface area contributed by atoms with Crippen molar-refractivity contribution in [1.29, 1.82) is 0 Å². The Bertz CT molecular complexity index is 995. The van der Waals surface area contributed by atoms with Gasteiger partial charge in [0.15, 0.2) is 0 Å². The van der Waals surface area contributed by atoms with Crippen molar-refractivity contribution in [2.45, 2.75) is 23.1 Å². The first-order valence-corrected chi connectivity index (χ1v) is 9.60. The number of thiazole rings is 1. The second-order valence-corrected chi connectivity index (χ2v) is 8.43. The van der Waals surface area contributed by atoms with Crippen LogP contribution in [0.5, 0.6) is 0 Å². The van der Waals surface area contributed by atoms with Gasteiger partial charge in [0.2, 0.25) is 11.8 Å². The van der Waals surface area contributed by atoms with E-state index in [0.717, 1.165) is 44.0 Å². The maximum absolute atomic E-state index is 12.9. The Balaban J connectivity index is 1.88. The Labute approximate surface area is 156 Å². The second-order valence-electron chi connectivity index (χ2n) is 6.26. The van der Waals surface area contributed by atoms with Gasteiger partial charge in [-0.05, 0) is 18.1 Å². The molecule has 2 amide bonds. The summed E-state index contributed by atoms with van der Waals surface area (Å²) in [7, 11) is 0. The number of hydrogen-bond acceptors (Lipinski definition) is 6. The van der Waals surface area contributed by atoms with Crippen molar-refractivity contribution >= 4 is 40.9 Å². The number of aliphatic carboxylic acids is 1. The molecular weight excluding hydrogens is 376 g/mol. The molecule has 1 fully saturated rings. The van der Waals surface area contributed by atoms with Gasteiger partial charge >= 0.3 is 10.8 Å². The number of benzene rings is 1. The molecule has 3 heterocycles. The largest absolute Gasteiger partial charge is 0.480 e. The van der Waals surface area contributed by atoms with E-state index in [1.165, 1.54) is 0 Å². The number of fused-ring (bicyclic) bond motifs is 2. The summed E-state index contributed by atoms with van der Waals surface area (Å²) in [6, 6.07) is 7.54. The summed E-state index contributed by atoms with van der Waals surface area (Å²) in [5, 5.41) is 8.90. The lowest BCUT2D eigenvalue weighted by Gasteiger charge is -2.30. The lowest BCUT2D eigenvalue weighted by molar-refractivity contribution is -0.149. The molecule has 0 aliphatic carbocycles. The first kappa shape index (κ1) is 17.0. The van der Waals surface area contributed by atoms with E-state index < -0.39 is 41.4 Å². The molecule has 2 aliphatic heterocycles. The normalized spacial score (nSPS) is 24.5. The topological polar surface area (TPSA) is 108 Å². The highest BCUT2D eigenvalue weighted by molar-refractivity contribution is 8.00. The average Bonchev–Trinajstić information content (AvgIpc) is 3.06. The maximum atomic E-state index is 12.9. The number of aryl methyl sites for hydroxylation is 1. The monoisotopic (exact) mass is 390 g/mol. The molecule has 26 heavy (non-hydrogen) atoms. The number of carbonyl (C=O) groups is 3. The molecule has 1 saturated heterocycles. The summed E-state index contributed by atoms with van der Waals surface area (Å²) >= 11 is 2.18. The van der Waals surface area contributed by atoms with Gasteiger partial charge in [-0.2, -0.15) is 0 Å². The number of imide groups is 1. The van der Waals surface area contributed by atoms with E-state index in [2.05, 4.69) is 4.98 Å². The minimum Gasteiger partial charge on any atom is -0.480 e. The molecule has 3 atom stereocenters. The lowest BCUT2D eigenvalue weighted by Crippen LogP contribution is -2.36. The zero-order valence-corrected chi connectivity index (χ0v) is 15.2. The van der Waals surface area contributed by atoms with Crippen molar-refractivity contribution in [3.8, 4) is 0 Å². The Morgan fingerprint density at radius 1 is 1.23 bits per heavy atom. The number of rotatable bonds is 3. The van der Waals surface area contributed by atoms with E-state index in [4.69, 9.17) is 5.11 Å². The van der Waals surface area contributed by atoms with Crippen LogP contribution in [0.25, 0.3) is 0 Å². The molecule has 2 N–H and O–H groups in total. The fourth-order valence-corrected chi connectivity index (χ4v) is 6.16. The summed E-state index contributed by atoms with van der Waals surface area (Å²) in [5.41, 5.74) is 1.82. The highest BCUT2D eigenvalue weighted by Crippen LogP contribution is 2.52. The molecule has 0 spiro atoms. The Morgan fingerprint density at radius 3 is 2.65 bits per heavy atom. The standard InChI is InChI=1S/C17H14N2O5S2/c1-7-4-2-3-5-8(7)10-11-13(25-14-12(10)26-17(24)18-14)16(23)19(15(11)22)6-9(20)21/h2-5,10-11,13H,6H2,1H3,(H,18,24)(H,20,21)/t10-,11+,13-/m0/s1. The molecule has 2 aromatic rings. The van der Waals surface area contributed by atoms with Gasteiger partial charge in [0.05, 0.1) is 10.9 Å². The fraction of sp³-hybridized carbons (Fsp3) is 0.294. The number of amides is 2. The number of carboxylic acid groups (broad SMARTS) is 1. The van der Waals surface area contributed by atoms with Gasteiger partial charge in [0.1, 0.15) is 11.8 Å². The SMILES string of the molecule is Cc1ccccc1[C@@H]1c2sc(=O)[nH]c2S[C@@H]2C(=O)N(CC(=O)O)C(=O)[C@H]12. The number of carbonyl (C=O) groups excluding carboxylic acids is 2. The van der Waals surface area contributed by atoms with Gasteiger partial charge in [0.25, 0.3) is 0 Å². The molecule has 0 bridgehead atoms. The van der Waals surface area contributed by atoms with Crippen LogP contribution >= 0.6 is 23.1 Å². The molecule has 0 radical (unpaired) electrons. The number of aromatic nitrogens is 1. The van der Waals surface area contributed by atoms with Crippen molar-refractivity contribution in [3.05, 3.63) is 49.9 Å². The first-order chi connectivity index (χ1) is 12.4. The second kappa shape index (κ2) is 6.10. The average molecular weight is 390 g/mol. The zero-order chi connectivity index (χ0) is 18.6. The summed E-state index contributed by atoms with van der Waals surface area (Å²) in [5.74, 6) is -3.40. The summed E-state index contributed by atoms with van der Waals surface area (Å²) in [4.78, 5) is 52.7. The minimum absolute atomic E-state index is 0.233. The van der Waals surface area contributed by atoms with Gasteiger partial charge in [-0.3, -0.25) is 24.1 Å². The van der Waals surface area contributed by atoms with Crippen LogP contribution in [0.3, 0.4) is 0 Å². The van der Waals surface area contributed by atoms with E-state index in [-0.39, 0.29) is 4.87 Å². The molecule has 2 aliphatic rings. The summed E-state index contributed by atoms with van der Waals surface area (Å²) < 4.78 is 0. The predicted molar refractivity (Wildman–Crippen MR) is 95.5 cm³/mol. The number of H-pyrrole nitrogens is 1. The van der Waals surface area contributed by atoms with E-state index in [0.29, 0.717) is 5.03 Å². The third-order valence-corrected chi connectivity index (χ3v) is 7.13. The van der Waals surface area contributed by atoms with Crippen LogP contribution in [0.1, 0.15) is 21.9 Å². The first-order valence-electron chi connectivity index (χ1n) is 7.90. The van der Waals surface area contributed by atoms with E-state index in [1.54, 1.807) is 0 Å². The smallest absolute Gasteiger partial charge is 0.323 e. The molecular formula is C17H14N2O5S2. The number of likely N-dealkylation sites (tertiary alicyclic amines) is 1. The number of hydrogen-bond donors (Lipinski definition) is 2. The van der Waals surface area contributed by atoms with Crippen LogP contribution in [-0.4, -0.2) is 44.6 Å². The molecule has 134 valence electrons. The van der Waals surface area contributed by atoms with Crippen molar-refractivity contribution in [1.82, 2.24) is 9.88 Å². The van der Waals surface area contributed by atoms with Crippen LogP contribution in [0.4, 0.5) is 0 Å². The Kier molecular flexibility index (Phi) is 4.00. The Morgan fingerprint density at radius 2 is 1.96 bits per heavy atom. The van der Waals surface area contributed by atoms with Gasteiger partial charge in [0, 0.05) is 10.8 Å². The Hall–Kier alpha value is -2.39. The summed E-state index contributed by atoms with van der Waals surface area (Å²) in [6.45, 7) is 1.27. The number of carboxylic acids is 1. The maximum Gasteiger partial charge on any atom is 0.323 e. The predicted octanol–water partition coefficient (Wildman–Crippen LogP) is 1.42. The van der Waals surface area contributed by atoms with Gasteiger partial charge in [-0.1, -0.05) is 47.4 Å². The van der Waals surface area contributed by atoms with Crippen molar-refractivity contribution in [3.63, 3.8) is 0 Å². The molecule has 0 unspecified atom stereocenters. The van der Waals surface area contributed by atoms with Crippen LogP contribution in [0, 0.1) is 12.8 Å². The highest BCUT2D eigenvalue weighted by Gasteiger charge is 2.56. The van der Waals surface area contributed by atoms with E-state index in [9.17, 15) is 19.2 Å². The molecule has 4 rings (SSSR count). The zero-order valence-electron chi connectivity index (χ0n) is 13.6. The van der Waals surface area contributed by atoms with Crippen LogP contribution in [0.15, 0.2) is 34.1 Å². The highest BCUT2D eigenvalue weighted by atomic mass is 32.2. The third kappa shape index (κ3) is 2.50. The number of aromatic amines is 1. The quantitative estimate of drug-likeness (QED) is 0.768. The number of thioether (sulfide) groups is 1. The molecule has 0 saturated carbocycles. The van der Waals surface area contributed by atoms with Gasteiger partial charge in [-0.15, -0.1) is 0 Å². The van der Waals surface area contributed by atoms with Gasteiger partial charge in [-0.25, -0.2) is 0 Å². The number of nitrogens with one attached hydrogen (secondary N) is 1. The molecule has 1 aromatic heterocycles. The third-order valence-electron chi connectivity index (χ3n) is 4.73. The fourth-order valence-electron chi connectivity index (χ4n) is 3.64. The molecule has 7 nitrogen and oxygen atoms in total. The van der Waals surface area contributed by atoms with E-state index in [1.807, 2.05) is 31.2 Å². The van der Waals surface area contributed by atoms with E-state index >= 15 is 0 Å². The van der Waals surface area contributed by atoms with Crippen LogP contribution in [0.2, 0.25) is 0 Å². The molecule has 9 heteroatoms. The number of nitrogens with zero attached hydrogens (tertiary/aromatic N) is 1. The minimum atomic E-state index is -1.23. The van der Waals surface area contributed by atoms with Gasteiger partial charge < -0.3 is 10.1 Å². The molecule has 1 aromatic carbocycles. The summed E-state index contributed by atoms with van der Waals surface area (Å²) in [6.07, 6.45) is 0. The lowest BCUT2D eigenvalue weighted by atomic mass is 9.81. The van der Waals surface area contributed by atoms with Crippen LogP contribution < -0.4 is 4.87 Å². The van der Waals surface area contributed by atoms with Crippen molar-refractivity contribution in [2.24, 2.45) is 5.92 Å². The van der Waals surface area contributed by atoms with Crippen molar-refractivity contribution < 1.29 is 19.5 Å². The van der Waals surface area contributed by atoms with Crippen molar-refractivity contribution in [2.75, 3.05) is 6.54 Å².